The van der Waals surface area contributed by atoms with Crippen molar-refractivity contribution in [3.63, 3.8) is 0 Å². The normalized spacial score (nSPS) is 26.9. The number of likely N-dealkylation sites (tertiary alicyclic amines) is 1. The Bertz CT molecular complexity index is 318. The highest BCUT2D eigenvalue weighted by molar-refractivity contribution is 5.68. The van der Waals surface area contributed by atoms with Gasteiger partial charge in [0.2, 0.25) is 0 Å². The van der Waals surface area contributed by atoms with E-state index in [1.165, 1.54) is 19.3 Å². The van der Waals surface area contributed by atoms with Gasteiger partial charge in [0.25, 0.3) is 0 Å². The van der Waals surface area contributed by atoms with Crippen molar-refractivity contribution in [3.8, 4) is 0 Å². The van der Waals surface area contributed by atoms with Gasteiger partial charge in [0.05, 0.1) is 0 Å². The predicted molar refractivity (Wildman–Crippen MR) is 71.3 cm³/mol. The summed E-state index contributed by atoms with van der Waals surface area (Å²) in [5.41, 5.74) is 5.81. The molecule has 0 bridgehead atoms. The Morgan fingerprint density at radius 3 is 2.61 bits per heavy atom. The number of carbonyl (C=O) groups is 1. The zero-order valence-electron chi connectivity index (χ0n) is 11.9. The average molecular weight is 254 g/mol. The van der Waals surface area contributed by atoms with E-state index in [1.807, 2.05) is 25.7 Å². The lowest BCUT2D eigenvalue weighted by atomic mass is 9.83. The SMILES string of the molecule is CC(C)(C)OC(=O)N1CCCC(C2(CN)CC2)C1. The Morgan fingerprint density at radius 2 is 2.11 bits per heavy atom. The van der Waals surface area contributed by atoms with E-state index in [0.29, 0.717) is 11.3 Å². The molecule has 1 aliphatic carbocycles. The molecule has 104 valence electrons. The van der Waals surface area contributed by atoms with Crippen molar-refractivity contribution in [2.45, 2.75) is 52.1 Å². The van der Waals surface area contributed by atoms with Gasteiger partial charge in [-0.05, 0) is 64.3 Å². The molecule has 0 radical (unpaired) electrons. The lowest BCUT2D eigenvalue weighted by Crippen LogP contribution is -2.46. The van der Waals surface area contributed by atoms with E-state index in [1.54, 1.807) is 0 Å². The first-order chi connectivity index (χ1) is 8.36. The third-order valence-electron chi connectivity index (χ3n) is 4.24. The number of ether oxygens (including phenoxy) is 1. The van der Waals surface area contributed by atoms with E-state index in [9.17, 15) is 4.79 Å². The van der Waals surface area contributed by atoms with Crippen LogP contribution < -0.4 is 5.73 Å². The van der Waals surface area contributed by atoms with Gasteiger partial charge in [0, 0.05) is 13.1 Å². The van der Waals surface area contributed by atoms with Crippen molar-refractivity contribution < 1.29 is 9.53 Å². The summed E-state index contributed by atoms with van der Waals surface area (Å²) in [7, 11) is 0. The van der Waals surface area contributed by atoms with E-state index >= 15 is 0 Å². The van der Waals surface area contributed by atoms with Gasteiger partial charge in [-0.15, -0.1) is 0 Å². The lowest BCUT2D eigenvalue weighted by molar-refractivity contribution is 0.0120. The summed E-state index contributed by atoms with van der Waals surface area (Å²) in [6, 6.07) is 0. The summed E-state index contributed by atoms with van der Waals surface area (Å²) < 4.78 is 5.45. The molecule has 4 heteroatoms. The van der Waals surface area contributed by atoms with Gasteiger partial charge in [0.1, 0.15) is 5.60 Å². The summed E-state index contributed by atoms with van der Waals surface area (Å²) in [5.74, 6) is 0.573. The number of hydrogen-bond acceptors (Lipinski definition) is 3. The molecule has 1 heterocycles. The molecule has 2 fully saturated rings. The minimum Gasteiger partial charge on any atom is -0.444 e. The molecule has 2 N–H and O–H groups in total. The van der Waals surface area contributed by atoms with Gasteiger partial charge in [-0.3, -0.25) is 0 Å². The molecule has 18 heavy (non-hydrogen) atoms. The minimum absolute atomic E-state index is 0.167. The molecule has 1 saturated carbocycles. The second-order valence-corrected chi connectivity index (χ2v) is 6.83. The third kappa shape index (κ3) is 2.97. The van der Waals surface area contributed by atoms with Crippen molar-refractivity contribution in [3.05, 3.63) is 0 Å². The summed E-state index contributed by atoms with van der Waals surface area (Å²) in [4.78, 5) is 13.9. The van der Waals surface area contributed by atoms with Crippen LogP contribution in [0.25, 0.3) is 0 Å². The van der Waals surface area contributed by atoms with Crippen molar-refractivity contribution in [2.24, 2.45) is 17.1 Å². The molecule has 1 unspecified atom stereocenters. The van der Waals surface area contributed by atoms with Crippen LogP contribution in [0.15, 0.2) is 0 Å². The van der Waals surface area contributed by atoms with E-state index < -0.39 is 5.60 Å². The Labute approximate surface area is 110 Å². The fraction of sp³-hybridized carbons (Fsp3) is 0.929. The molecule has 1 aliphatic heterocycles. The zero-order valence-corrected chi connectivity index (χ0v) is 11.9. The molecule has 0 aromatic heterocycles. The van der Waals surface area contributed by atoms with Gasteiger partial charge in [-0.2, -0.15) is 0 Å². The molecule has 0 spiro atoms. The number of nitrogens with zero attached hydrogens (tertiary/aromatic N) is 1. The van der Waals surface area contributed by atoms with Gasteiger partial charge < -0.3 is 15.4 Å². The Hall–Kier alpha value is -0.770. The van der Waals surface area contributed by atoms with Crippen molar-refractivity contribution in [2.75, 3.05) is 19.6 Å². The van der Waals surface area contributed by atoms with Crippen LogP contribution in [-0.4, -0.2) is 36.2 Å². The number of amides is 1. The van der Waals surface area contributed by atoms with E-state index in [2.05, 4.69) is 0 Å². The van der Waals surface area contributed by atoms with Gasteiger partial charge >= 0.3 is 6.09 Å². The molecule has 1 amide bonds. The number of piperidine rings is 1. The molecule has 4 nitrogen and oxygen atoms in total. The van der Waals surface area contributed by atoms with Crippen LogP contribution in [0.1, 0.15) is 46.5 Å². The molecule has 2 aliphatic rings. The van der Waals surface area contributed by atoms with Crippen molar-refractivity contribution >= 4 is 6.09 Å². The van der Waals surface area contributed by atoms with Crippen LogP contribution in [0.2, 0.25) is 0 Å². The van der Waals surface area contributed by atoms with Crippen molar-refractivity contribution in [1.82, 2.24) is 4.90 Å². The van der Waals surface area contributed by atoms with E-state index in [0.717, 1.165) is 26.1 Å². The van der Waals surface area contributed by atoms with E-state index in [4.69, 9.17) is 10.5 Å². The van der Waals surface area contributed by atoms with Crippen molar-refractivity contribution in [1.29, 1.82) is 0 Å². The third-order valence-corrected chi connectivity index (χ3v) is 4.24. The molecular weight excluding hydrogens is 228 g/mol. The fourth-order valence-electron chi connectivity index (χ4n) is 2.91. The summed E-state index contributed by atoms with van der Waals surface area (Å²) in [5, 5.41) is 0. The quantitative estimate of drug-likeness (QED) is 0.823. The maximum atomic E-state index is 12.1. The van der Waals surface area contributed by atoms with E-state index in [-0.39, 0.29) is 6.09 Å². The first-order valence-corrected chi connectivity index (χ1v) is 7.04. The highest BCUT2D eigenvalue weighted by atomic mass is 16.6. The Morgan fingerprint density at radius 1 is 1.44 bits per heavy atom. The average Bonchev–Trinajstić information content (AvgIpc) is 3.08. The molecule has 0 aromatic rings. The highest BCUT2D eigenvalue weighted by Crippen LogP contribution is 2.53. The van der Waals surface area contributed by atoms with Crippen LogP contribution in [-0.2, 0) is 4.74 Å². The second kappa shape index (κ2) is 4.72. The Kier molecular flexibility index (Phi) is 3.58. The number of nitrogens with two attached hydrogens (primary N) is 1. The maximum absolute atomic E-state index is 12.1. The van der Waals surface area contributed by atoms with Crippen LogP contribution >= 0.6 is 0 Å². The van der Waals surface area contributed by atoms with Crippen LogP contribution in [0.4, 0.5) is 4.79 Å². The molecule has 1 atom stereocenters. The minimum atomic E-state index is -0.408. The topological polar surface area (TPSA) is 55.6 Å². The summed E-state index contributed by atoms with van der Waals surface area (Å²) >= 11 is 0. The maximum Gasteiger partial charge on any atom is 0.410 e. The monoisotopic (exact) mass is 254 g/mol. The summed E-state index contributed by atoms with van der Waals surface area (Å²) in [6.45, 7) is 8.15. The number of carbonyl (C=O) groups excluding carboxylic acids is 1. The molecule has 2 rings (SSSR count). The van der Waals surface area contributed by atoms with Gasteiger partial charge in [-0.1, -0.05) is 0 Å². The van der Waals surface area contributed by atoms with Crippen LogP contribution in [0, 0.1) is 11.3 Å². The predicted octanol–water partition coefficient (Wildman–Crippen LogP) is 2.37. The standard InChI is InChI=1S/C14H26N2O2/c1-13(2,3)18-12(17)16-8-4-5-11(9-16)14(10-15)6-7-14/h11H,4-10,15H2,1-3H3. The van der Waals surface area contributed by atoms with Gasteiger partial charge in [-0.25, -0.2) is 4.79 Å². The number of rotatable bonds is 2. The van der Waals surface area contributed by atoms with Crippen LogP contribution in [0.5, 0.6) is 0 Å². The summed E-state index contributed by atoms with van der Waals surface area (Å²) in [6.07, 6.45) is 4.58. The smallest absolute Gasteiger partial charge is 0.410 e. The fourth-order valence-corrected chi connectivity index (χ4v) is 2.91. The molecular formula is C14H26N2O2. The van der Waals surface area contributed by atoms with Gasteiger partial charge in [0.15, 0.2) is 0 Å². The highest BCUT2D eigenvalue weighted by Gasteiger charge is 2.49. The Balaban J connectivity index is 1.93. The largest absolute Gasteiger partial charge is 0.444 e. The lowest BCUT2D eigenvalue weighted by Gasteiger charge is -2.37. The first-order valence-electron chi connectivity index (χ1n) is 7.04. The zero-order chi connectivity index (χ0) is 13.4. The molecule has 1 saturated heterocycles. The van der Waals surface area contributed by atoms with Crippen LogP contribution in [0.3, 0.4) is 0 Å². The number of hydrogen-bond donors (Lipinski definition) is 1. The first kappa shape index (κ1) is 13.7. The molecule has 0 aromatic carbocycles. The second-order valence-electron chi connectivity index (χ2n) is 6.83.